The van der Waals surface area contributed by atoms with Crippen molar-refractivity contribution in [3.63, 3.8) is 0 Å². The fourth-order valence-electron chi connectivity index (χ4n) is 8.80. The summed E-state index contributed by atoms with van der Waals surface area (Å²) in [4.78, 5) is 0. The van der Waals surface area contributed by atoms with Gasteiger partial charge in [0.2, 0.25) is 0 Å². The highest BCUT2D eigenvalue weighted by atomic mass is 31.2. The molecular weight excluding hydrogens is 842 g/mol. The molecule has 5 heteroatoms. The molecule has 0 saturated heterocycles. The smallest absolute Gasteiger partial charge is 0.0591 e. The monoisotopic (exact) mass is 908 g/mol. The molecule has 0 heterocycles. The Bertz CT molecular complexity index is 2560. The summed E-state index contributed by atoms with van der Waals surface area (Å²) < 4.78 is 5.35. The highest BCUT2D eigenvalue weighted by Crippen LogP contribution is 2.59. The van der Waals surface area contributed by atoms with E-state index in [1.54, 1.807) is 0 Å². The first-order valence-electron chi connectivity index (χ1n) is 22.6. The van der Waals surface area contributed by atoms with Gasteiger partial charge in [-0.2, -0.15) is 0 Å². The van der Waals surface area contributed by atoms with Gasteiger partial charge in [-0.15, -0.1) is 0 Å². The maximum Gasteiger partial charge on any atom is 0.0591 e. The van der Waals surface area contributed by atoms with Gasteiger partial charge < -0.3 is 9.11 Å². The third-order valence-corrected chi connectivity index (χ3v) is 19.2. The molecule has 8 aromatic carbocycles. The van der Waals surface area contributed by atoms with Crippen LogP contribution in [0, 0.1) is 41.5 Å². The molecule has 2 nitrogen and oxygen atoms in total. The van der Waals surface area contributed by atoms with Crippen LogP contribution in [0.3, 0.4) is 0 Å². The lowest BCUT2D eigenvalue weighted by Gasteiger charge is -2.42. The van der Waals surface area contributed by atoms with Gasteiger partial charge in [-0.05, 0) is 101 Å². The quantitative estimate of drug-likeness (QED) is 0.106. The van der Waals surface area contributed by atoms with Crippen LogP contribution in [0.4, 0.5) is 11.4 Å². The van der Waals surface area contributed by atoms with Crippen molar-refractivity contribution in [3.05, 3.63) is 239 Å². The molecule has 0 radical (unpaired) electrons. The lowest BCUT2D eigenvalue weighted by molar-refractivity contribution is 1.11. The van der Waals surface area contributed by atoms with Crippen LogP contribution < -0.4 is 40.9 Å². The van der Waals surface area contributed by atoms with Gasteiger partial charge in [-0.1, -0.05) is 213 Å². The zero-order valence-electron chi connectivity index (χ0n) is 39.1. The maximum absolute atomic E-state index is 2.85. The van der Waals surface area contributed by atoms with E-state index in [1.165, 1.54) is 87.7 Å². The van der Waals surface area contributed by atoms with Crippen molar-refractivity contribution >= 4 is 67.4 Å². The van der Waals surface area contributed by atoms with Crippen molar-refractivity contribution in [1.82, 2.24) is 0 Å². The summed E-state index contributed by atoms with van der Waals surface area (Å²) >= 11 is 0. The summed E-state index contributed by atoms with van der Waals surface area (Å²) in [6.07, 6.45) is 2.04. The Morgan fingerprint density at radius 2 is 0.646 bits per heavy atom. The standard InChI is InChI=1S/C37H39NP2.C22H24NP.CH4/c1-7-32-16-14-15-31(6)37(32)38(39(33-17-10-8-11-18-33)35-23-27(2)21-28(3)24-35)40(34-19-12-9-13-20-34)36-25-29(4)22-30(5)26-36;1-4-19-13-11-12-18(2)22(19)23(3)24(20-14-7-5-8-15-20)21-16-9-6-10-17-21;/h8-26H,7H2,1-6H3;5-17H,4H2,1-3H3;1H4. The second-order valence-corrected chi connectivity index (χ2v) is 23.3. The Hall–Kier alpha value is -5.35. The van der Waals surface area contributed by atoms with E-state index >= 15 is 0 Å². The van der Waals surface area contributed by atoms with Gasteiger partial charge in [0, 0.05) is 44.6 Å². The number of anilines is 2. The molecule has 2 unspecified atom stereocenters. The predicted octanol–water partition coefficient (Wildman–Crippen LogP) is 14.4. The lowest BCUT2D eigenvalue weighted by atomic mass is 10.1. The third-order valence-electron chi connectivity index (χ3n) is 11.5. The van der Waals surface area contributed by atoms with Gasteiger partial charge in [0.25, 0.3) is 0 Å². The van der Waals surface area contributed by atoms with Gasteiger partial charge in [0.1, 0.15) is 0 Å². The summed E-state index contributed by atoms with van der Waals surface area (Å²) in [6, 6.07) is 71.9. The summed E-state index contributed by atoms with van der Waals surface area (Å²) in [5.74, 6) is 0. The van der Waals surface area contributed by atoms with Gasteiger partial charge >= 0.3 is 0 Å². The molecule has 0 aliphatic heterocycles. The minimum atomic E-state index is -0.905. The van der Waals surface area contributed by atoms with Crippen molar-refractivity contribution < 1.29 is 0 Å². The Kier molecular flexibility index (Phi) is 17.5. The Morgan fingerprint density at radius 1 is 0.338 bits per heavy atom. The Morgan fingerprint density at radius 3 is 0.985 bits per heavy atom. The summed E-state index contributed by atoms with van der Waals surface area (Å²) in [7, 11) is -0.160. The van der Waals surface area contributed by atoms with Crippen LogP contribution in [0.25, 0.3) is 0 Å². The molecule has 0 aliphatic rings. The number of aryl methyl sites for hydroxylation is 8. The van der Waals surface area contributed by atoms with Crippen LogP contribution in [-0.2, 0) is 12.8 Å². The molecule has 0 N–H and O–H groups in total. The molecule has 0 spiro atoms. The minimum Gasteiger partial charge on any atom is -0.346 e. The highest BCUT2D eigenvalue weighted by Gasteiger charge is 2.35. The molecule has 0 amide bonds. The first-order chi connectivity index (χ1) is 31.1. The molecule has 0 bridgehead atoms. The maximum atomic E-state index is 2.85. The second-order valence-electron chi connectivity index (χ2n) is 16.7. The summed E-state index contributed by atoms with van der Waals surface area (Å²) in [6.45, 7) is 18.0. The molecule has 332 valence electrons. The predicted molar refractivity (Wildman–Crippen MR) is 295 cm³/mol. The normalized spacial score (nSPS) is 11.8. The van der Waals surface area contributed by atoms with E-state index in [0.717, 1.165) is 12.8 Å². The molecule has 0 aliphatic carbocycles. The van der Waals surface area contributed by atoms with Crippen LogP contribution in [-0.4, -0.2) is 7.05 Å². The first-order valence-corrected chi connectivity index (χ1v) is 26.4. The van der Waals surface area contributed by atoms with E-state index in [9.17, 15) is 0 Å². The number of benzene rings is 8. The summed E-state index contributed by atoms with van der Waals surface area (Å²) in [5.41, 5.74) is 13.5. The van der Waals surface area contributed by atoms with Gasteiger partial charge in [0.15, 0.2) is 0 Å². The first kappa shape index (κ1) is 49.1. The van der Waals surface area contributed by atoms with Crippen molar-refractivity contribution in [2.24, 2.45) is 0 Å². The van der Waals surface area contributed by atoms with E-state index in [0.29, 0.717) is 0 Å². The molecule has 65 heavy (non-hydrogen) atoms. The SMILES string of the molecule is C.CCc1cccc(C)c1N(C)P(c1ccccc1)c1ccccc1.CCc1cccc(C)c1N(P(c1ccccc1)c1cc(C)cc(C)c1)P(c1ccccc1)c1cc(C)cc(C)c1. The van der Waals surface area contributed by atoms with Crippen LogP contribution in [0.5, 0.6) is 0 Å². The molecule has 0 fully saturated rings. The van der Waals surface area contributed by atoms with Crippen LogP contribution in [0.15, 0.2) is 194 Å². The van der Waals surface area contributed by atoms with Crippen LogP contribution >= 0.6 is 24.2 Å². The number of hydrogen-bond acceptors (Lipinski definition) is 2. The average molecular weight is 909 g/mol. The lowest BCUT2D eigenvalue weighted by Crippen LogP contribution is -2.33. The zero-order chi connectivity index (χ0) is 45.2. The van der Waals surface area contributed by atoms with Crippen molar-refractivity contribution in [2.45, 2.75) is 75.7 Å². The van der Waals surface area contributed by atoms with E-state index in [2.05, 4.69) is 266 Å². The topological polar surface area (TPSA) is 6.48 Å². The zero-order valence-corrected chi connectivity index (χ0v) is 41.8. The number of hydrogen-bond donors (Lipinski definition) is 0. The Labute approximate surface area is 395 Å². The minimum absolute atomic E-state index is 0. The second kappa shape index (κ2) is 23.2. The van der Waals surface area contributed by atoms with Crippen molar-refractivity contribution in [1.29, 1.82) is 0 Å². The van der Waals surface area contributed by atoms with E-state index in [4.69, 9.17) is 0 Å². The van der Waals surface area contributed by atoms with Crippen molar-refractivity contribution in [3.8, 4) is 0 Å². The van der Waals surface area contributed by atoms with Gasteiger partial charge in [-0.3, -0.25) is 0 Å². The number of para-hydroxylation sites is 2. The van der Waals surface area contributed by atoms with Gasteiger partial charge in [-0.25, -0.2) is 0 Å². The van der Waals surface area contributed by atoms with E-state index < -0.39 is 24.2 Å². The highest BCUT2D eigenvalue weighted by molar-refractivity contribution is 7.90. The molecular formula is C60H67N2P3. The fraction of sp³-hybridized carbons (Fsp3) is 0.200. The summed E-state index contributed by atoms with van der Waals surface area (Å²) in [5, 5.41) is 8.31. The molecule has 8 aromatic rings. The largest absolute Gasteiger partial charge is 0.346 e. The molecule has 0 saturated carbocycles. The molecule has 0 aromatic heterocycles. The van der Waals surface area contributed by atoms with E-state index in [-0.39, 0.29) is 7.43 Å². The average Bonchev–Trinajstić information content (AvgIpc) is 3.30. The fourth-order valence-corrected chi connectivity index (χ4v) is 17.8. The van der Waals surface area contributed by atoms with Crippen LogP contribution in [0.2, 0.25) is 0 Å². The van der Waals surface area contributed by atoms with E-state index in [1.807, 2.05) is 0 Å². The number of rotatable bonds is 13. The number of nitrogens with zero attached hydrogens (tertiary/aromatic N) is 2. The molecule has 2 atom stereocenters. The van der Waals surface area contributed by atoms with Crippen LogP contribution in [0.1, 0.15) is 65.8 Å². The third kappa shape index (κ3) is 11.7. The Balaban J connectivity index is 0.000000239. The van der Waals surface area contributed by atoms with Gasteiger partial charge in [0.05, 0.1) is 29.9 Å². The van der Waals surface area contributed by atoms with Crippen molar-refractivity contribution in [2.75, 3.05) is 16.2 Å². The molecule has 8 rings (SSSR count).